The highest BCUT2D eigenvalue weighted by Crippen LogP contribution is 2.30. The van der Waals surface area contributed by atoms with E-state index in [0.29, 0.717) is 16.3 Å². The molecular weight excluding hydrogens is 261 g/mol. The molecule has 0 aliphatic rings. The van der Waals surface area contributed by atoms with Gasteiger partial charge < -0.3 is 5.73 Å². The molecule has 0 aliphatic heterocycles. The van der Waals surface area contributed by atoms with Gasteiger partial charge in [-0.05, 0) is 18.2 Å². The average Bonchev–Trinajstić information content (AvgIpc) is 2.89. The highest BCUT2D eigenvalue weighted by atomic mass is 32.1. The van der Waals surface area contributed by atoms with Gasteiger partial charge >= 0.3 is 0 Å². The number of nitrogens with two attached hydrogens (primary N) is 1. The molecule has 19 heavy (non-hydrogen) atoms. The molecule has 2 aromatic heterocycles. The molecule has 0 amide bonds. The molecule has 2 heterocycles. The van der Waals surface area contributed by atoms with Crippen molar-refractivity contribution in [2.24, 2.45) is 0 Å². The predicted octanol–water partition coefficient (Wildman–Crippen LogP) is 3.59. The van der Waals surface area contributed by atoms with Crippen LogP contribution in [0.3, 0.4) is 0 Å². The van der Waals surface area contributed by atoms with Gasteiger partial charge in [-0.2, -0.15) is 0 Å². The van der Waals surface area contributed by atoms with Crippen molar-refractivity contribution in [3.05, 3.63) is 53.9 Å². The van der Waals surface area contributed by atoms with Crippen molar-refractivity contribution in [2.45, 2.75) is 0 Å². The third-order valence-electron chi connectivity index (χ3n) is 2.71. The lowest BCUT2D eigenvalue weighted by atomic mass is 10.1. The average molecular weight is 271 g/mol. The molecule has 94 valence electrons. The smallest absolute Gasteiger partial charge is 0.151 e. The summed E-state index contributed by atoms with van der Waals surface area (Å²) >= 11 is 1.41. The van der Waals surface area contributed by atoms with Crippen molar-refractivity contribution in [3.63, 3.8) is 0 Å². The van der Waals surface area contributed by atoms with Crippen LogP contribution >= 0.6 is 11.3 Å². The Bertz CT molecular complexity index is 707. The fourth-order valence-electron chi connectivity index (χ4n) is 1.73. The largest absolute Gasteiger partial charge is 0.399 e. The maximum atomic E-state index is 13.6. The molecule has 3 nitrogen and oxygen atoms in total. The van der Waals surface area contributed by atoms with Crippen LogP contribution < -0.4 is 5.73 Å². The van der Waals surface area contributed by atoms with E-state index in [9.17, 15) is 4.39 Å². The van der Waals surface area contributed by atoms with Crippen LogP contribution in [0.2, 0.25) is 0 Å². The number of halogens is 1. The first-order valence-electron chi connectivity index (χ1n) is 5.65. The fourth-order valence-corrected chi connectivity index (χ4v) is 2.59. The Balaban J connectivity index is 2.00. The summed E-state index contributed by atoms with van der Waals surface area (Å²) in [5.41, 5.74) is 8.61. The van der Waals surface area contributed by atoms with Gasteiger partial charge in [-0.1, -0.05) is 12.1 Å². The zero-order valence-electron chi connectivity index (χ0n) is 9.88. The van der Waals surface area contributed by atoms with Crippen LogP contribution in [-0.4, -0.2) is 9.97 Å². The van der Waals surface area contributed by atoms with Gasteiger partial charge in [0.15, 0.2) is 5.82 Å². The monoisotopic (exact) mass is 271 g/mol. The molecule has 3 aromatic rings. The van der Waals surface area contributed by atoms with Crippen molar-refractivity contribution in [1.29, 1.82) is 0 Å². The van der Waals surface area contributed by atoms with Gasteiger partial charge in [0.1, 0.15) is 5.01 Å². The normalized spacial score (nSPS) is 10.6. The highest BCUT2D eigenvalue weighted by molar-refractivity contribution is 7.13. The quantitative estimate of drug-likeness (QED) is 0.725. The van der Waals surface area contributed by atoms with Crippen molar-refractivity contribution in [2.75, 3.05) is 5.73 Å². The lowest BCUT2D eigenvalue weighted by molar-refractivity contribution is 0.625. The maximum Gasteiger partial charge on any atom is 0.151 e. The van der Waals surface area contributed by atoms with Crippen LogP contribution in [0.25, 0.3) is 21.8 Å². The van der Waals surface area contributed by atoms with Gasteiger partial charge in [0.25, 0.3) is 0 Å². The second-order valence-corrected chi connectivity index (χ2v) is 4.87. The summed E-state index contributed by atoms with van der Waals surface area (Å²) in [6, 6.07) is 9.07. The van der Waals surface area contributed by atoms with Crippen LogP contribution in [0.1, 0.15) is 0 Å². The third kappa shape index (κ3) is 2.32. The zero-order valence-corrected chi connectivity index (χ0v) is 10.7. The van der Waals surface area contributed by atoms with Crippen molar-refractivity contribution in [1.82, 2.24) is 9.97 Å². The topological polar surface area (TPSA) is 51.8 Å². The molecule has 0 saturated heterocycles. The lowest BCUT2D eigenvalue weighted by Gasteiger charge is -1.98. The van der Waals surface area contributed by atoms with Crippen molar-refractivity contribution >= 4 is 17.0 Å². The van der Waals surface area contributed by atoms with Crippen molar-refractivity contribution in [3.8, 4) is 21.8 Å². The molecule has 3 rings (SSSR count). The first kappa shape index (κ1) is 11.8. The minimum Gasteiger partial charge on any atom is -0.399 e. The minimum absolute atomic E-state index is 0.360. The Hall–Kier alpha value is -2.27. The number of hydrogen-bond acceptors (Lipinski definition) is 4. The van der Waals surface area contributed by atoms with E-state index in [1.807, 2.05) is 29.6 Å². The van der Waals surface area contributed by atoms with E-state index in [4.69, 9.17) is 5.73 Å². The number of nitrogen functional groups attached to an aromatic ring is 1. The molecule has 0 fully saturated rings. The Morgan fingerprint density at radius 2 is 1.89 bits per heavy atom. The summed E-state index contributed by atoms with van der Waals surface area (Å²) < 4.78 is 13.6. The van der Waals surface area contributed by atoms with Crippen LogP contribution in [0, 0.1) is 5.82 Å². The summed E-state index contributed by atoms with van der Waals surface area (Å²) in [5.74, 6) is -0.360. The van der Waals surface area contributed by atoms with Gasteiger partial charge in [-0.25, -0.2) is 9.37 Å². The highest BCUT2D eigenvalue weighted by Gasteiger charge is 2.10. The Morgan fingerprint density at radius 3 is 2.63 bits per heavy atom. The van der Waals surface area contributed by atoms with Gasteiger partial charge in [0.05, 0.1) is 11.9 Å². The van der Waals surface area contributed by atoms with Crippen LogP contribution in [-0.2, 0) is 0 Å². The molecule has 0 atom stereocenters. The summed E-state index contributed by atoms with van der Waals surface area (Å²) in [6.07, 6.45) is 2.75. The second-order valence-electron chi connectivity index (χ2n) is 4.02. The number of pyridine rings is 1. The molecule has 5 heteroatoms. The maximum absolute atomic E-state index is 13.6. The Morgan fingerprint density at radius 1 is 1.11 bits per heavy atom. The molecule has 2 N–H and O–H groups in total. The van der Waals surface area contributed by atoms with E-state index >= 15 is 0 Å². The first-order chi connectivity index (χ1) is 9.24. The van der Waals surface area contributed by atoms with E-state index in [1.165, 1.54) is 17.5 Å². The van der Waals surface area contributed by atoms with E-state index in [-0.39, 0.29) is 5.82 Å². The number of benzene rings is 1. The van der Waals surface area contributed by atoms with Crippen molar-refractivity contribution < 1.29 is 4.39 Å². The molecule has 0 spiro atoms. The molecule has 0 saturated carbocycles. The number of aromatic nitrogens is 2. The van der Waals surface area contributed by atoms with Gasteiger partial charge in [-0.3, -0.25) is 4.98 Å². The lowest BCUT2D eigenvalue weighted by Crippen LogP contribution is -1.86. The predicted molar refractivity (Wildman–Crippen MR) is 75.2 cm³/mol. The fraction of sp³-hybridized carbons (Fsp3) is 0. The van der Waals surface area contributed by atoms with E-state index in [2.05, 4.69) is 9.97 Å². The summed E-state index contributed by atoms with van der Waals surface area (Å²) in [4.78, 5) is 8.18. The first-order valence-corrected chi connectivity index (χ1v) is 6.53. The van der Waals surface area contributed by atoms with E-state index in [1.54, 1.807) is 12.3 Å². The summed E-state index contributed by atoms with van der Waals surface area (Å²) in [6.45, 7) is 0. The van der Waals surface area contributed by atoms with E-state index in [0.717, 1.165) is 11.3 Å². The third-order valence-corrected chi connectivity index (χ3v) is 3.59. The Labute approximate surface area is 113 Å². The molecule has 1 aromatic carbocycles. The van der Waals surface area contributed by atoms with Crippen LogP contribution in [0.15, 0.2) is 48.1 Å². The molecule has 0 bridgehead atoms. The van der Waals surface area contributed by atoms with Gasteiger partial charge in [-0.15, -0.1) is 11.3 Å². The molecular formula is C14H10FN3S. The second kappa shape index (κ2) is 4.78. The molecule has 0 unspecified atom stereocenters. The Kier molecular flexibility index (Phi) is 2.97. The zero-order chi connectivity index (χ0) is 13.2. The number of nitrogens with zero attached hydrogens (tertiary/aromatic N) is 2. The van der Waals surface area contributed by atoms with Gasteiger partial charge in [0.2, 0.25) is 0 Å². The molecule has 0 radical (unpaired) electrons. The van der Waals surface area contributed by atoms with Gasteiger partial charge in [0, 0.05) is 28.4 Å². The molecule has 0 aliphatic carbocycles. The minimum atomic E-state index is -0.360. The number of rotatable bonds is 2. The number of hydrogen-bond donors (Lipinski definition) is 1. The summed E-state index contributed by atoms with van der Waals surface area (Å²) in [5, 5.41) is 2.55. The van der Waals surface area contributed by atoms with E-state index < -0.39 is 0 Å². The number of thiazole rings is 1. The number of anilines is 1. The SMILES string of the molecule is Nc1ccc(-c2csc(-c3ccncc3F)n2)cc1. The summed E-state index contributed by atoms with van der Waals surface area (Å²) in [7, 11) is 0. The van der Waals surface area contributed by atoms with Crippen LogP contribution in [0.4, 0.5) is 10.1 Å². The standard InChI is InChI=1S/C14H10FN3S/c15-12-7-17-6-5-11(12)14-18-13(8-19-14)9-1-3-10(16)4-2-9/h1-8H,16H2. The van der Waals surface area contributed by atoms with Crippen LogP contribution in [0.5, 0.6) is 0 Å².